The van der Waals surface area contributed by atoms with E-state index < -0.39 is 5.60 Å². The van der Waals surface area contributed by atoms with Crippen molar-refractivity contribution >= 4 is 11.4 Å². The monoisotopic (exact) mass is 295 g/mol. The van der Waals surface area contributed by atoms with Gasteiger partial charge in [0.05, 0.1) is 23.5 Å². The summed E-state index contributed by atoms with van der Waals surface area (Å²) in [5.41, 5.74) is 7.17. The van der Waals surface area contributed by atoms with Crippen LogP contribution in [0.1, 0.15) is 43.7 Å². The Kier molecular flexibility index (Phi) is 5.36. The number of hydrogen-bond donors (Lipinski definition) is 3. The van der Waals surface area contributed by atoms with Gasteiger partial charge >= 0.3 is 0 Å². The van der Waals surface area contributed by atoms with Crippen LogP contribution in [-0.4, -0.2) is 17.3 Å². The average molecular weight is 295 g/mol. The molecule has 0 aliphatic heterocycles. The molecule has 1 aromatic rings. The third kappa shape index (κ3) is 4.19. The van der Waals surface area contributed by atoms with E-state index >= 15 is 0 Å². The Balaban J connectivity index is 0.00000106. The predicted octanol–water partition coefficient (Wildman–Crippen LogP) is 2.85. The van der Waals surface area contributed by atoms with Crippen LogP contribution in [0.2, 0.25) is 0 Å². The van der Waals surface area contributed by atoms with Gasteiger partial charge in [-0.15, -0.1) is 13.2 Å². The van der Waals surface area contributed by atoms with E-state index in [0.29, 0.717) is 22.5 Å². The number of hydrazine groups is 1. The molecule has 118 valence electrons. The SMILES string of the molecule is C=C.Cc1cc(N)c(N(N)CC(C)(C)O)c(C2CC2)c1F. The summed E-state index contributed by atoms with van der Waals surface area (Å²) < 4.78 is 14.3. The predicted molar refractivity (Wildman–Crippen MR) is 86.6 cm³/mol. The third-order valence-corrected chi connectivity index (χ3v) is 3.31. The van der Waals surface area contributed by atoms with Crippen LogP contribution in [0.25, 0.3) is 0 Å². The topological polar surface area (TPSA) is 75.5 Å². The number of aryl methyl sites for hydroxylation is 1. The van der Waals surface area contributed by atoms with E-state index in [1.807, 2.05) is 0 Å². The highest BCUT2D eigenvalue weighted by Crippen LogP contribution is 2.48. The molecule has 0 atom stereocenters. The summed E-state index contributed by atoms with van der Waals surface area (Å²) in [6, 6.07) is 1.60. The van der Waals surface area contributed by atoms with Crippen LogP contribution >= 0.6 is 0 Å². The minimum atomic E-state index is -0.969. The molecule has 0 heterocycles. The molecule has 0 amide bonds. The van der Waals surface area contributed by atoms with Crippen LogP contribution in [0.3, 0.4) is 0 Å². The third-order valence-electron chi connectivity index (χ3n) is 3.31. The molecular weight excluding hydrogens is 269 g/mol. The molecule has 5 N–H and O–H groups in total. The molecular formula is C16H26FN3O. The number of nitrogen functional groups attached to an aromatic ring is 1. The molecule has 4 nitrogen and oxygen atoms in total. The zero-order valence-electron chi connectivity index (χ0n) is 13.1. The van der Waals surface area contributed by atoms with Crippen molar-refractivity contribution in [2.75, 3.05) is 17.3 Å². The number of rotatable bonds is 4. The molecule has 0 saturated heterocycles. The Bertz CT molecular complexity index is 507. The number of nitrogens with zero attached hydrogens (tertiary/aromatic N) is 1. The standard InChI is InChI=1S/C14H22FN3O.C2H4/c1-8-6-10(16)13(18(17)7-14(2,3)19)11(12(8)15)9-4-5-9;1-2/h6,9,19H,4-5,7,16-17H2,1-3H3;1-2H2. The summed E-state index contributed by atoms with van der Waals surface area (Å²) in [6.07, 6.45) is 1.92. The van der Waals surface area contributed by atoms with Crippen molar-refractivity contribution in [3.05, 3.63) is 36.2 Å². The number of benzene rings is 1. The van der Waals surface area contributed by atoms with Gasteiger partial charge < -0.3 is 15.8 Å². The van der Waals surface area contributed by atoms with Crippen molar-refractivity contribution in [2.45, 2.75) is 45.1 Å². The van der Waals surface area contributed by atoms with Gasteiger partial charge in [-0.25, -0.2) is 10.2 Å². The highest BCUT2D eigenvalue weighted by molar-refractivity contribution is 5.74. The van der Waals surface area contributed by atoms with E-state index in [2.05, 4.69) is 13.2 Å². The van der Waals surface area contributed by atoms with Crippen LogP contribution < -0.4 is 16.6 Å². The molecule has 1 aliphatic carbocycles. The van der Waals surface area contributed by atoms with Crippen molar-refractivity contribution in [1.29, 1.82) is 0 Å². The van der Waals surface area contributed by atoms with Crippen LogP contribution in [0.15, 0.2) is 19.2 Å². The first kappa shape index (κ1) is 17.5. The lowest BCUT2D eigenvalue weighted by Gasteiger charge is -2.30. The summed E-state index contributed by atoms with van der Waals surface area (Å²) in [6.45, 7) is 11.2. The molecule has 0 spiro atoms. The molecule has 1 aromatic carbocycles. The van der Waals surface area contributed by atoms with Crippen LogP contribution in [0, 0.1) is 12.7 Å². The summed E-state index contributed by atoms with van der Waals surface area (Å²) in [4.78, 5) is 0. The van der Waals surface area contributed by atoms with Crippen LogP contribution in [0.4, 0.5) is 15.8 Å². The van der Waals surface area contributed by atoms with Crippen LogP contribution in [-0.2, 0) is 0 Å². The van der Waals surface area contributed by atoms with Crippen molar-refractivity contribution in [1.82, 2.24) is 0 Å². The van der Waals surface area contributed by atoms with Crippen molar-refractivity contribution in [2.24, 2.45) is 5.84 Å². The highest BCUT2D eigenvalue weighted by Gasteiger charge is 2.33. The molecule has 0 radical (unpaired) electrons. The normalized spacial score (nSPS) is 14.4. The fourth-order valence-corrected chi connectivity index (χ4v) is 2.40. The fourth-order valence-electron chi connectivity index (χ4n) is 2.40. The highest BCUT2D eigenvalue weighted by atomic mass is 19.1. The van der Waals surface area contributed by atoms with Gasteiger partial charge in [-0.3, -0.25) is 0 Å². The zero-order valence-corrected chi connectivity index (χ0v) is 13.1. The van der Waals surface area contributed by atoms with Crippen molar-refractivity contribution in [3.63, 3.8) is 0 Å². The number of aliphatic hydroxyl groups is 1. The Morgan fingerprint density at radius 3 is 2.38 bits per heavy atom. The summed E-state index contributed by atoms with van der Waals surface area (Å²) in [5.74, 6) is 5.97. The number of halogens is 1. The maximum Gasteiger partial charge on any atom is 0.131 e. The molecule has 1 saturated carbocycles. The quantitative estimate of drug-likeness (QED) is 0.345. The maximum atomic E-state index is 14.3. The van der Waals surface area contributed by atoms with E-state index in [4.69, 9.17) is 11.6 Å². The second kappa shape index (κ2) is 6.45. The number of hydrogen-bond acceptors (Lipinski definition) is 4. The van der Waals surface area contributed by atoms with Gasteiger partial charge in [0.1, 0.15) is 5.82 Å². The van der Waals surface area contributed by atoms with Gasteiger partial charge in [0.15, 0.2) is 0 Å². The molecule has 0 aromatic heterocycles. The van der Waals surface area contributed by atoms with E-state index in [1.165, 1.54) is 5.01 Å². The molecule has 5 heteroatoms. The van der Waals surface area contributed by atoms with Crippen LogP contribution in [0.5, 0.6) is 0 Å². The lowest BCUT2D eigenvalue weighted by Crippen LogP contribution is -2.44. The van der Waals surface area contributed by atoms with Gasteiger partial charge in [-0.05, 0) is 51.2 Å². The average Bonchev–Trinajstić information content (AvgIpc) is 3.17. The molecule has 21 heavy (non-hydrogen) atoms. The Hall–Kier alpha value is -1.59. The Labute approximate surface area is 126 Å². The number of anilines is 2. The summed E-state index contributed by atoms with van der Waals surface area (Å²) in [5, 5.41) is 11.2. The van der Waals surface area contributed by atoms with Gasteiger partial charge in [0.2, 0.25) is 0 Å². The first-order valence-corrected chi connectivity index (χ1v) is 7.04. The van der Waals surface area contributed by atoms with Gasteiger partial charge in [0.25, 0.3) is 0 Å². The molecule has 1 fully saturated rings. The molecule has 2 rings (SSSR count). The lowest BCUT2D eigenvalue weighted by molar-refractivity contribution is 0.0873. The van der Waals surface area contributed by atoms with E-state index in [-0.39, 0.29) is 18.3 Å². The Morgan fingerprint density at radius 2 is 1.95 bits per heavy atom. The molecule has 0 unspecified atom stereocenters. The summed E-state index contributed by atoms with van der Waals surface area (Å²) >= 11 is 0. The smallest absolute Gasteiger partial charge is 0.131 e. The van der Waals surface area contributed by atoms with Crippen molar-refractivity contribution < 1.29 is 9.50 Å². The van der Waals surface area contributed by atoms with Crippen molar-refractivity contribution in [3.8, 4) is 0 Å². The second-order valence-corrected chi connectivity index (χ2v) is 6.07. The van der Waals surface area contributed by atoms with Gasteiger partial charge in [-0.1, -0.05) is 0 Å². The van der Waals surface area contributed by atoms with E-state index in [0.717, 1.165) is 12.8 Å². The minimum absolute atomic E-state index is 0.194. The second-order valence-electron chi connectivity index (χ2n) is 6.07. The maximum absolute atomic E-state index is 14.3. The minimum Gasteiger partial charge on any atom is -0.397 e. The lowest BCUT2D eigenvalue weighted by atomic mass is 10.0. The van der Waals surface area contributed by atoms with Gasteiger partial charge in [0, 0.05) is 5.56 Å². The molecule has 1 aliphatic rings. The summed E-state index contributed by atoms with van der Waals surface area (Å²) in [7, 11) is 0. The fraction of sp³-hybridized carbons (Fsp3) is 0.500. The first-order valence-electron chi connectivity index (χ1n) is 7.04. The van der Waals surface area contributed by atoms with E-state index in [1.54, 1.807) is 26.8 Å². The Morgan fingerprint density at radius 1 is 1.43 bits per heavy atom. The number of nitrogens with two attached hydrogens (primary N) is 2. The zero-order chi connectivity index (χ0) is 16.4. The largest absolute Gasteiger partial charge is 0.397 e. The van der Waals surface area contributed by atoms with Gasteiger partial charge in [-0.2, -0.15) is 0 Å². The first-order chi connectivity index (χ1) is 9.70. The van der Waals surface area contributed by atoms with E-state index in [9.17, 15) is 9.50 Å². The molecule has 0 bridgehead atoms.